The second-order valence-corrected chi connectivity index (χ2v) is 6.98. The Morgan fingerprint density at radius 1 is 1.17 bits per heavy atom. The van der Waals surface area contributed by atoms with E-state index in [2.05, 4.69) is 5.43 Å². The van der Waals surface area contributed by atoms with Crippen LogP contribution in [0.3, 0.4) is 0 Å². The van der Waals surface area contributed by atoms with Gasteiger partial charge in [0.25, 0.3) is 11.8 Å². The van der Waals surface area contributed by atoms with Crippen molar-refractivity contribution in [2.75, 3.05) is 11.6 Å². The van der Waals surface area contributed by atoms with E-state index in [9.17, 15) is 9.59 Å². The number of rotatable bonds is 7. The SMILES string of the molecule is CCOc1cc(/C=C2/C(=O)NN(c3ccccc3)C2=O)cc(Cl)c1O[C@H](C)CC. The molecule has 0 saturated carbocycles. The first kappa shape index (κ1) is 20.7. The van der Waals surface area contributed by atoms with Gasteiger partial charge in [-0.15, -0.1) is 0 Å². The normalized spacial score (nSPS) is 16.1. The zero-order valence-electron chi connectivity index (χ0n) is 16.6. The van der Waals surface area contributed by atoms with Gasteiger partial charge >= 0.3 is 0 Å². The molecule has 0 bridgehead atoms. The van der Waals surface area contributed by atoms with Gasteiger partial charge in [0.15, 0.2) is 11.5 Å². The van der Waals surface area contributed by atoms with Gasteiger partial charge in [-0.1, -0.05) is 36.7 Å². The van der Waals surface area contributed by atoms with Crippen molar-refractivity contribution in [3.63, 3.8) is 0 Å². The molecule has 6 nitrogen and oxygen atoms in total. The molecule has 7 heteroatoms. The molecule has 0 aromatic heterocycles. The fourth-order valence-corrected chi connectivity index (χ4v) is 3.08. The summed E-state index contributed by atoms with van der Waals surface area (Å²) in [5, 5.41) is 1.58. The molecular weight excluding hydrogens is 392 g/mol. The lowest BCUT2D eigenvalue weighted by atomic mass is 10.1. The van der Waals surface area contributed by atoms with Gasteiger partial charge in [-0.3, -0.25) is 15.0 Å². The molecule has 1 aliphatic heterocycles. The van der Waals surface area contributed by atoms with Crippen molar-refractivity contribution < 1.29 is 19.1 Å². The second-order valence-electron chi connectivity index (χ2n) is 6.57. The van der Waals surface area contributed by atoms with Gasteiger partial charge in [-0.25, -0.2) is 5.01 Å². The fraction of sp³-hybridized carbons (Fsp3) is 0.273. The summed E-state index contributed by atoms with van der Waals surface area (Å²) in [4.78, 5) is 25.1. The van der Waals surface area contributed by atoms with Crippen LogP contribution in [-0.4, -0.2) is 24.5 Å². The Morgan fingerprint density at radius 2 is 1.90 bits per heavy atom. The van der Waals surface area contributed by atoms with Crippen molar-refractivity contribution in [3.8, 4) is 11.5 Å². The summed E-state index contributed by atoms with van der Waals surface area (Å²) in [5.41, 5.74) is 3.75. The summed E-state index contributed by atoms with van der Waals surface area (Å²) >= 11 is 6.42. The molecule has 0 radical (unpaired) electrons. The van der Waals surface area contributed by atoms with Crippen LogP contribution in [0.2, 0.25) is 5.02 Å². The molecule has 0 unspecified atom stereocenters. The van der Waals surface area contributed by atoms with Crippen molar-refractivity contribution in [3.05, 3.63) is 58.6 Å². The van der Waals surface area contributed by atoms with E-state index in [0.717, 1.165) is 6.42 Å². The number of carbonyl (C=O) groups excluding carboxylic acids is 2. The smallest absolute Gasteiger partial charge is 0.282 e. The molecule has 3 rings (SSSR count). The summed E-state index contributed by atoms with van der Waals surface area (Å²) in [5.74, 6) is 0.0131. The Labute approximate surface area is 175 Å². The number of anilines is 1. The summed E-state index contributed by atoms with van der Waals surface area (Å²) in [6.45, 7) is 6.24. The number of carbonyl (C=O) groups is 2. The Hall–Kier alpha value is -2.99. The maximum absolute atomic E-state index is 12.8. The van der Waals surface area contributed by atoms with Crippen molar-refractivity contribution in [1.82, 2.24) is 5.43 Å². The topological polar surface area (TPSA) is 67.9 Å². The summed E-state index contributed by atoms with van der Waals surface area (Å²) in [7, 11) is 0. The monoisotopic (exact) mass is 414 g/mol. The first-order valence-electron chi connectivity index (χ1n) is 9.49. The maximum atomic E-state index is 12.8. The lowest BCUT2D eigenvalue weighted by molar-refractivity contribution is -0.117. The molecule has 2 amide bonds. The van der Waals surface area contributed by atoms with Gasteiger partial charge in [-0.05, 0) is 56.2 Å². The number of halogens is 1. The van der Waals surface area contributed by atoms with Crippen molar-refractivity contribution >= 4 is 35.2 Å². The van der Waals surface area contributed by atoms with Crippen LogP contribution in [0, 0.1) is 0 Å². The molecule has 2 aromatic carbocycles. The number of ether oxygens (including phenoxy) is 2. The minimum atomic E-state index is -0.479. The predicted octanol–water partition coefficient (Wildman–Crippen LogP) is 4.38. The van der Waals surface area contributed by atoms with Gasteiger partial charge in [0.05, 0.1) is 23.4 Å². The molecule has 1 N–H and O–H groups in total. The standard InChI is InChI=1S/C22H23ClN2O4/c1-4-14(3)29-20-18(23)12-15(13-19(20)28-5-2)11-17-21(26)24-25(22(17)27)16-9-7-6-8-10-16/h6-14H,4-5H2,1-3H3,(H,24,26)/b17-11-/t14-/m1/s1. The maximum Gasteiger partial charge on any atom is 0.282 e. The van der Waals surface area contributed by atoms with Crippen LogP contribution in [0.4, 0.5) is 5.69 Å². The number of hydrogen-bond donors (Lipinski definition) is 1. The first-order chi connectivity index (χ1) is 13.9. The highest BCUT2D eigenvalue weighted by Gasteiger charge is 2.34. The van der Waals surface area contributed by atoms with Gasteiger partial charge in [0.1, 0.15) is 5.57 Å². The van der Waals surface area contributed by atoms with Gasteiger partial charge < -0.3 is 9.47 Å². The quantitative estimate of drug-likeness (QED) is 0.539. The lowest BCUT2D eigenvalue weighted by Gasteiger charge is -2.18. The molecular formula is C22H23ClN2O4. The fourth-order valence-electron chi connectivity index (χ4n) is 2.82. The average Bonchev–Trinajstić information content (AvgIpc) is 2.99. The van der Waals surface area contributed by atoms with E-state index in [1.54, 1.807) is 36.4 Å². The minimum absolute atomic E-state index is 0.0166. The van der Waals surface area contributed by atoms with Gasteiger partial charge in [0, 0.05) is 0 Å². The van der Waals surface area contributed by atoms with Crippen LogP contribution in [0.25, 0.3) is 6.08 Å². The van der Waals surface area contributed by atoms with Gasteiger partial charge in [-0.2, -0.15) is 0 Å². The van der Waals surface area contributed by atoms with Crippen molar-refractivity contribution in [2.24, 2.45) is 0 Å². The summed E-state index contributed by atoms with van der Waals surface area (Å²) < 4.78 is 11.6. The molecule has 152 valence electrons. The number of hydrazine groups is 1. The number of nitrogens with one attached hydrogen (secondary N) is 1. The van der Waals surface area contributed by atoms with E-state index in [4.69, 9.17) is 21.1 Å². The minimum Gasteiger partial charge on any atom is -0.490 e. The highest BCUT2D eigenvalue weighted by Crippen LogP contribution is 2.38. The van der Waals surface area contributed by atoms with Crippen LogP contribution in [-0.2, 0) is 9.59 Å². The zero-order valence-corrected chi connectivity index (χ0v) is 17.3. The number of hydrogen-bond acceptors (Lipinski definition) is 4. The largest absolute Gasteiger partial charge is 0.490 e. The molecule has 1 saturated heterocycles. The van der Waals surface area contributed by atoms with Crippen molar-refractivity contribution in [2.45, 2.75) is 33.3 Å². The highest BCUT2D eigenvalue weighted by atomic mass is 35.5. The van der Waals surface area contributed by atoms with Crippen molar-refractivity contribution in [1.29, 1.82) is 0 Å². The lowest BCUT2D eigenvalue weighted by Crippen LogP contribution is -2.35. The Morgan fingerprint density at radius 3 is 2.55 bits per heavy atom. The van der Waals surface area contributed by atoms with Crippen LogP contribution < -0.4 is 19.9 Å². The summed E-state index contributed by atoms with van der Waals surface area (Å²) in [6.07, 6.45) is 2.29. The van der Waals surface area contributed by atoms with Crippen LogP contribution >= 0.6 is 11.6 Å². The molecule has 29 heavy (non-hydrogen) atoms. The molecule has 1 atom stereocenters. The van der Waals surface area contributed by atoms with E-state index in [-0.39, 0.29) is 11.7 Å². The first-order valence-corrected chi connectivity index (χ1v) is 9.87. The molecule has 1 fully saturated rings. The number of amides is 2. The Kier molecular flexibility index (Phi) is 6.44. The third-order valence-corrected chi connectivity index (χ3v) is 4.72. The van der Waals surface area contributed by atoms with Gasteiger partial charge in [0.2, 0.25) is 0 Å². The number of para-hydroxylation sites is 1. The average molecular weight is 415 g/mol. The predicted molar refractivity (Wildman–Crippen MR) is 113 cm³/mol. The Balaban J connectivity index is 1.95. The highest BCUT2D eigenvalue weighted by molar-refractivity contribution is 6.33. The van der Waals surface area contributed by atoms with Crippen LogP contribution in [0.1, 0.15) is 32.8 Å². The zero-order chi connectivity index (χ0) is 21.0. The van der Waals surface area contributed by atoms with Crippen LogP contribution in [0.15, 0.2) is 48.0 Å². The molecule has 1 aliphatic rings. The molecule has 0 aliphatic carbocycles. The van der Waals surface area contributed by atoms with E-state index < -0.39 is 11.8 Å². The van der Waals surface area contributed by atoms with Crippen LogP contribution in [0.5, 0.6) is 11.5 Å². The third kappa shape index (κ3) is 4.54. The Bertz CT molecular complexity index is 943. The van der Waals surface area contributed by atoms with E-state index in [0.29, 0.717) is 34.4 Å². The molecule has 2 aromatic rings. The summed E-state index contributed by atoms with van der Waals surface area (Å²) in [6, 6.07) is 12.3. The third-order valence-electron chi connectivity index (χ3n) is 4.44. The number of nitrogens with zero attached hydrogens (tertiary/aromatic N) is 1. The number of benzene rings is 2. The molecule has 0 spiro atoms. The second kappa shape index (κ2) is 9.01. The van der Waals surface area contributed by atoms with E-state index >= 15 is 0 Å². The van der Waals surface area contributed by atoms with E-state index in [1.807, 2.05) is 26.8 Å². The van der Waals surface area contributed by atoms with E-state index in [1.165, 1.54) is 11.1 Å². The molecule has 1 heterocycles.